The maximum Gasteiger partial charge on any atom is 0.0833 e. The standard InChI is InChI=1S/C8H10OS/c1-2-8(9-4-1)7-3-5-10-6-7/h3,5-6,8H,1-2,4H2. The van der Waals surface area contributed by atoms with Gasteiger partial charge in [0.2, 0.25) is 0 Å². The van der Waals surface area contributed by atoms with Crippen LogP contribution in [0.4, 0.5) is 0 Å². The van der Waals surface area contributed by atoms with Gasteiger partial charge in [0, 0.05) is 6.61 Å². The summed E-state index contributed by atoms with van der Waals surface area (Å²) in [4.78, 5) is 0. The topological polar surface area (TPSA) is 9.23 Å². The molecule has 1 aliphatic heterocycles. The van der Waals surface area contributed by atoms with Gasteiger partial charge in [0.25, 0.3) is 0 Å². The van der Waals surface area contributed by atoms with Crippen LogP contribution in [0.15, 0.2) is 16.8 Å². The minimum Gasteiger partial charge on any atom is -0.373 e. The van der Waals surface area contributed by atoms with Crippen molar-refractivity contribution in [2.45, 2.75) is 18.9 Å². The Labute approximate surface area is 64.6 Å². The first-order valence-corrected chi connectivity index (χ1v) is 4.55. The van der Waals surface area contributed by atoms with E-state index in [2.05, 4.69) is 16.8 Å². The number of rotatable bonds is 1. The summed E-state index contributed by atoms with van der Waals surface area (Å²) in [6.07, 6.45) is 2.84. The fourth-order valence-corrected chi connectivity index (χ4v) is 2.00. The number of thiophene rings is 1. The molecule has 0 saturated carbocycles. The molecule has 0 N–H and O–H groups in total. The van der Waals surface area contributed by atoms with Crippen molar-refractivity contribution in [3.8, 4) is 0 Å². The van der Waals surface area contributed by atoms with Gasteiger partial charge in [0.05, 0.1) is 6.10 Å². The largest absolute Gasteiger partial charge is 0.373 e. The SMILES string of the molecule is c1cc(C2CCCO2)cs1. The summed E-state index contributed by atoms with van der Waals surface area (Å²) in [6, 6.07) is 2.15. The molecule has 0 radical (unpaired) electrons. The lowest BCUT2D eigenvalue weighted by atomic mass is 10.1. The zero-order valence-electron chi connectivity index (χ0n) is 5.75. The molecule has 1 aromatic rings. The highest BCUT2D eigenvalue weighted by atomic mass is 32.1. The third-order valence-corrected chi connectivity index (χ3v) is 2.55. The lowest BCUT2D eigenvalue weighted by Crippen LogP contribution is -1.91. The third kappa shape index (κ3) is 1.09. The van der Waals surface area contributed by atoms with Crippen molar-refractivity contribution in [2.75, 3.05) is 6.61 Å². The van der Waals surface area contributed by atoms with Crippen LogP contribution in [0.25, 0.3) is 0 Å². The summed E-state index contributed by atoms with van der Waals surface area (Å²) in [6.45, 7) is 0.945. The summed E-state index contributed by atoms with van der Waals surface area (Å²) in [5.74, 6) is 0. The smallest absolute Gasteiger partial charge is 0.0833 e. The van der Waals surface area contributed by atoms with Crippen LogP contribution in [0.2, 0.25) is 0 Å². The molecule has 2 heteroatoms. The molecule has 10 heavy (non-hydrogen) atoms. The summed E-state index contributed by atoms with van der Waals surface area (Å²) in [5, 5.41) is 4.28. The van der Waals surface area contributed by atoms with Gasteiger partial charge in [-0.1, -0.05) is 0 Å². The van der Waals surface area contributed by atoms with Gasteiger partial charge in [-0.25, -0.2) is 0 Å². The van der Waals surface area contributed by atoms with E-state index in [1.165, 1.54) is 18.4 Å². The first-order chi connectivity index (χ1) is 4.97. The lowest BCUT2D eigenvalue weighted by molar-refractivity contribution is 0.112. The quantitative estimate of drug-likeness (QED) is 0.604. The molecule has 1 aliphatic rings. The van der Waals surface area contributed by atoms with E-state index in [0.29, 0.717) is 6.10 Å². The van der Waals surface area contributed by atoms with Crippen LogP contribution in [0.3, 0.4) is 0 Å². The number of hydrogen-bond acceptors (Lipinski definition) is 2. The Morgan fingerprint density at radius 2 is 2.60 bits per heavy atom. The molecule has 0 aliphatic carbocycles. The molecule has 2 rings (SSSR count). The number of ether oxygens (including phenoxy) is 1. The normalized spacial score (nSPS) is 25.4. The van der Waals surface area contributed by atoms with Crippen LogP contribution in [-0.2, 0) is 4.74 Å². The molecule has 2 heterocycles. The third-order valence-electron chi connectivity index (χ3n) is 1.84. The molecule has 54 valence electrons. The molecule has 0 amide bonds. The van der Waals surface area contributed by atoms with E-state index in [1.807, 2.05) is 0 Å². The van der Waals surface area contributed by atoms with Gasteiger partial charge < -0.3 is 4.74 Å². The summed E-state index contributed by atoms with van der Waals surface area (Å²) in [5.41, 5.74) is 1.36. The minimum absolute atomic E-state index is 0.409. The first kappa shape index (κ1) is 6.38. The molecular formula is C8H10OS. The molecule has 1 atom stereocenters. The van der Waals surface area contributed by atoms with E-state index >= 15 is 0 Å². The van der Waals surface area contributed by atoms with Gasteiger partial charge in [0.1, 0.15) is 0 Å². The highest BCUT2D eigenvalue weighted by Gasteiger charge is 2.16. The molecule has 1 saturated heterocycles. The predicted molar refractivity (Wildman–Crippen MR) is 42.2 cm³/mol. The summed E-state index contributed by atoms with van der Waals surface area (Å²) < 4.78 is 5.50. The van der Waals surface area contributed by atoms with E-state index in [9.17, 15) is 0 Å². The van der Waals surface area contributed by atoms with Crippen LogP contribution in [0.5, 0.6) is 0 Å². The molecular weight excluding hydrogens is 144 g/mol. The van der Waals surface area contributed by atoms with E-state index in [1.54, 1.807) is 11.3 Å². The van der Waals surface area contributed by atoms with Gasteiger partial charge in [0.15, 0.2) is 0 Å². The highest BCUT2D eigenvalue weighted by molar-refractivity contribution is 7.07. The lowest BCUT2D eigenvalue weighted by Gasteiger charge is -2.04. The number of hydrogen-bond donors (Lipinski definition) is 0. The minimum atomic E-state index is 0.409. The second-order valence-electron chi connectivity index (χ2n) is 2.56. The molecule has 1 nitrogen and oxygen atoms in total. The van der Waals surface area contributed by atoms with Crippen molar-refractivity contribution < 1.29 is 4.74 Å². The molecule has 0 spiro atoms. The first-order valence-electron chi connectivity index (χ1n) is 3.60. The van der Waals surface area contributed by atoms with E-state index in [4.69, 9.17) is 4.74 Å². The Bertz CT molecular complexity index is 187. The summed E-state index contributed by atoms with van der Waals surface area (Å²) >= 11 is 1.75. The predicted octanol–water partition coefficient (Wildman–Crippen LogP) is 2.60. The average molecular weight is 154 g/mol. The maximum atomic E-state index is 5.50. The van der Waals surface area contributed by atoms with Crippen molar-refractivity contribution in [2.24, 2.45) is 0 Å². The Balaban J connectivity index is 2.12. The van der Waals surface area contributed by atoms with Crippen LogP contribution in [0.1, 0.15) is 24.5 Å². The zero-order valence-corrected chi connectivity index (χ0v) is 6.56. The Hall–Kier alpha value is -0.340. The van der Waals surface area contributed by atoms with Gasteiger partial charge >= 0.3 is 0 Å². The van der Waals surface area contributed by atoms with E-state index in [0.717, 1.165) is 6.61 Å². The van der Waals surface area contributed by atoms with Crippen molar-refractivity contribution in [3.63, 3.8) is 0 Å². The van der Waals surface area contributed by atoms with E-state index in [-0.39, 0.29) is 0 Å². The van der Waals surface area contributed by atoms with Crippen molar-refractivity contribution in [1.82, 2.24) is 0 Å². The Morgan fingerprint density at radius 3 is 3.20 bits per heavy atom. The molecule has 1 aromatic heterocycles. The van der Waals surface area contributed by atoms with Crippen molar-refractivity contribution in [3.05, 3.63) is 22.4 Å². The highest BCUT2D eigenvalue weighted by Crippen LogP contribution is 2.29. The fourth-order valence-electron chi connectivity index (χ4n) is 1.30. The van der Waals surface area contributed by atoms with Crippen LogP contribution >= 0.6 is 11.3 Å². The monoisotopic (exact) mass is 154 g/mol. The molecule has 1 unspecified atom stereocenters. The Kier molecular flexibility index (Phi) is 1.74. The second-order valence-corrected chi connectivity index (χ2v) is 3.34. The van der Waals surface area contributed by atoms with Crippen LogP contribution in [0, 0.1) is 0 Å². The zero-order chi connectivity index (χ0) is 6.81. The van der Waals surface area contributed by atoms with Crippen LogP contribution < -0.4 is 0 Å². The summed E-state index contributed by atoms with van der Waals surface area (Å²) in [7, 11) is 0. The Morgan fingerprint density at radius 1 is 1.60 bits per heavy atom. The van der Waals surface area contributed by atoms with Crippen molar-refractivity contribution >= 4 is 11.3 Å². The average Bonchev–Trinajstić information content (AvgIpc) is 2.59. The van der Waals surface area contributed by atoms with Gasteiger partial charge in [-0.15, -0.1) is 0 Å². The fraction of sp³-hybridized carbons (Fsp3) is 0.500. The van der Waals surface area contributed by atoms with Gasteiger partial charge in [-0.05, 0) is 35.2 Å². The molecule has 0 aromatic carbocycles. The second kappa shape index (κ2) is 2.72. The van der Waals surface area contributed by atoms with Gasteiger partial charge in [-0.2, -0.15) is 11.3 Å². The molecule has 0 bridgehead atoms. The van der Waals surface area contributed by atoms with E-state index < -0.39 is 0 Å². The van der Waals surface area contributed by atoms with Crippen molar-refractivity contribution in [1.29, 1.82) is 0 Å². The van der Waals surface area contributed by atoms with Crippen LogP contribution in [-0.4, -0.2) is 6.61 Å². The van der Waals surface area contributed by atoms with Gasteiger partial charge in [-0.3, -0.25) is 0 Å². The maximum absolute atomic E-state index is 5.50. The molecule has 1 fully saturated rings.